The van der Waals surface area contributed by atoms with Crippen molar-refractivity contribution in [1.82, 2.24) is 4.90 Å². The lowest BCUT2D eigenvalue weighted by Gasteiger charge is -2.53. The first kappa shape index (κ1) is 24.6. The smallest absolute Gasteiger partial charge is 0.339 e. The lowest BCUT2D eigenvalue weighted by atomic mass is 9.66. The molecule has 2 heterocycles. The van der Waals surface area contributed by atoms with Gasteiger partial charge in [-0.25, -0.2) is 4.79 Å². The number of nitrogens with zero attached hydrogens (tertiary/aromatic N) is 1. The van der Waals surface area contributed by atoms with E-state index in [2.05, 4.69) is 12.1 Å². The van der Waals surface area contributed by atoms with Crippen LogP contribution in [0.2, 0.25) is 0 Å². The second-order valence-electron chi connectivity index (χ2n) is 10.6. The van der Waals surface area contributed by atoms with Crippen LogP contribution in [0.25, 0.3) is 11.0 Å². The van der Waals surface area contributed by atoms with Gasteiger partial charge >= 0.3 is 5.63 Å². The van der Waals surface area contributed by atoms with Crippen molar-refractivity contribution in [2.45, 2.75) is 77.5 Å². The van der Waals surface area contributed by atoms with Crippen molar-refractivity contribution in [2.75, 3.05) is 6.54 Å². The predicted octanol–water partition coefficient (Wildman–Crippen LogP) is 5.38. The van der Waals surface area contributed by atoms with Crippen LogP contribution in [-0.2, 0) is 4.79 Å². The van der Waals surface area contributed by atoms with Crippen molar-refractivity contribution in [3.05, 3.63) is 75.1 Å². The van der Waals surface area contributed by atoms with Gasteiger partial charge in [0.25, 0.3) is 5.91 Å². The number of amides is 1. The molecule has 0 unspecified atom stereocenters. The molecule has 4 atom stereocenters. The number of aliphatic hydroxyl groups is 1. The van der Waals surface area contributed by atoms with Crippen LogP contribution in [0.1, 0.15) is 67.3 Å². The van der Waals surface area contributed by atoms with Crippen molar-refractivity contribution in [2.24, 2.45) is 5.92 Å². The molecular weight excluding hydrogens is 454 g/mol. The molecule has 6 heteroatoms. The molecule has 1 saturated carbocycles. The lowest BCUT2D eigenvalue weighted by Crippen LogP contribution is -2.58. The highest BCUT2D eigenvalue weighted by atomic mass is 16.5. The molecule has 190 valence electrons. The molecule has 36 heavy (non-hydrogen) atoms. The number of carbonyl (C=O) groups excluding carboxylic acids is 1. The third-order valence-corrected chi connectivity index (χ3v) is 8.47. The lowest BCUT2D eigenvalue weighted by molar-refractivity contribution is -0.161. The molecule has 1 aromatic heterocycles. The van der Waals surface area contributed by atoms with E-state index in [0.29, 0.717) is 35.4 Å². The number of hydrogen-bond acceptors (Lipinski definition) is 5. The highest BCUT2D eigenvalue weighted by Gasteiger charge is 2.50. The SMILES string of the molecule is Cc1c(C)c2ccc(O[C@@H](C)C(=O)N3CC[C@@]4(O)CCCC[C@H]4[C@@H]3c3ccccc3)c(C)c2oc1=O. The van der Waals surface area contributed by atoms with Gasteiger partial charge in [-0.3, -0.25) is 4.79 Å². The molecule has 1 aliphatic carbocycles. The topological polar surface area (TPSA) is 80.0 Å². The van der Waals surface area contributed by atoms with E-state index in [1.807, 2.05) is 49.1 Å². The van der Waals surface area contributed by atoms with Gasteiger partial charge < -0.3 is 19.2 Å². The number of likely N-dealkylation sites (tertiary alicyclic amines) is 1. The zero-order chi connectivity index (χ0) is 25.6. The molecule has 1 N–H and O–H groups in total. The summed E-state index contributed by atoms with van der Waals surface area (Å²) in [6.07, 6.45) is 3.62. The van der Waals surface area contributed by atoms with Crippen LogP contribution in [0.3, 0.4) is 0 Å². The van der Waals surface area contributed by atoms with E-state index >= 15 is 0 Å². The number of fused-ring (bicyclic) bond motifs is 2. The van der Waals surface area contributed by atoms with E-state index in [1.54, 1.807) is 13.8 Å². The molecule has 0 radical (unpaired) electrons. The van der Waals surface area contributed by atoms with Crippen molar-refractivity contribution in [3.63, 3.8) is 0 Å². The van der Waals surface area contributed by atoms with Gasteiger partial charge in [-0.15, -0.1) is 0 Å². The molecule has 2 fully saturated rings. The van der Waals surface area contributed by atoms with Crippen LogP contribution in [0.4, 0.5) is 0 Å². The third kappa shape index (κ3) is 4.11. The Bertz CT molecular complexity index is 1350. The second-order valence-corrected chi connectivity index (χ2v) is 10.6. The Morgan fingerprint density at radius 1 is 1.06 bits per heavy atom. The van der Waals surface area contributed by atoms with Gasteiger partial charge in [0.15, 0.2) is 6.10 Å². The summed E-state index contributed by atoms with van der Waals surface area (Å²) >= 11 is 0. The Morgan fingerprint density at radius 3 is 2.56 bits per heavy atom. The molecule has 2 aliphatic rings. The molecule has 5 rings (SSSR count). The molecule has 1 saturated heterocycles. The van der Waals surface area contributed by atoms with E-state index < -0.39 is 11.7 Å². The van der Waals surface area contributed by atoms with Crippen LogP contribution < -0.4 is 10.4 Å². The van der Waals surface area contributed by atoms with Gasteiger partial charge in [-0.1, -0.05) is 43.2 Å². The largest absolute Gasteiger partial charge is 0.480 e. The van der Waals surface area contributed by atoms with Gasteiger partial charge in [0, 0.05) is 29.0 Å². The van der Waals surface area contributed by atoms with Crippen LogP contribution >= 0.6 is 0 Å². The summed E-state index contributed by atoms with van der Waals surface area (Å²) in [6, 6.07) is 13.6. The van der Waals surface area contributed by atoms with Crippen molar-refractivity contribution in [3.8, 4) is 5.75 Å². The first-order valence-corrected chi connectivity index (χ1v) is 13.0. The minimum Gasteiger partial charge on any atom is -0.480 e. The maximum atomic E-state index is 13.8. The highest BCUT2D eigenvalue weighted by Crippen LogP contribution is 2.49. The summed E-state index contributed by atoms with van der Waals surface area (Å²) < 4.78 is 11.8. The molecule has 6 nitrogen and oxygen atoms in total. The Kier molecular flexibility index (Phi) is 6.41. The Morgan fingerprint density at radius 2 is 1.81 bits per heavy atom. The quantitative estimate of drug-likeness (QED) is 0.498. The Balaban J connectivity index is 1.45. The molecule has 1 aliphatic heterocycles. The minimum absolute atomic E-state index is 0.00134. The van der Waals surface area contributed by atoms with Crippen LogP contribution in [0.5, 0.6) is 5.75 Å². The zero-order valence-corrected chi connectivity index (χ0v) is 21.5. The maximum Gasteiger partial charge on any atom is 0.339 e. The second kappa shape index (κ2) is 9.40. The van der Waals surface area contributed by atoms with Crippen LogP contribution in [-0.4, -0.2) is 34.2 Å². The Hall–Kier alpha value is -3.12. The van der Waals surface area contributed by atoms with E-state index in [-0.39, 0.29) is 23.5 Å². The van der Waals surface area contributed by atoms with E-state index in [1.165, 1.54) is 0 Å². The number of benzene rings is 2. The normalized spacial score (nSPS) is 24.9. The number of ether oxygens (including phenoxy) is 1. The standard InChI is InChI=1S/C30H35NO5/c1-18-19(2)29(33)36-27-20(3)25(14-13-23(18)27)35-21(4)28(32)31-17-16-30(34)15-9-8-12-24(30)26(31)22-10-6-5-7-11-22/h5-7,10-11,13-14,21,24,26,34H,8-9,12,15-17H2,1-4H3/t21-,24-,26-,30-/m0/s1. The fourth-order valence-corrected chi connectivity index (χ4v) is 6.22. The average Bonchev–Trinajstić information content (AvgIpc) is 2.88. The van der Waals surface area contributed by atoms with Crippen molar-refractivity contribution < 1.29 is 19.1 Å². The fraction of sp³-hybridized carbons (Fsp3) is 0.467. The number of rotatable bonds is 4. The summed E-state index contributed by atoms with van der Waals surface area (Å²) in [4.78, 5) is 28.0. The Labute approximate surface area is 211 Å². The summed E-state index contributed by atoms with van der Waals surface area (Å²) in [5, 5.41) is 12.4. The molecule has 1 amide bonds. The molecule has 0 spiro atoms. The zero-order valence-electron chi connectivity index (χ0n) is 21.5. The van der Waals surface area contributed by atoms with Gasteiger partial charge in [-0.05, 0) is 70.2 Å². The summed E-state index contributed by atoms with van der Waals surface area (Å²) in [5.41, 5.74) is 2.64. The van der Waals surface area contributed by atoms with Gasteiger partial charge in [0.05, 0.1) is 11.6 Å². The highest BCUT2D eigenvalue weighted by molar-refractivity contribution is 5.86. The van der Waals surface area contributed by atoms with E-state index in [0.717, 1.165) is 42.2 Å². The number of carbonyl (C=O) groups is 1. The van der Waals surface area contributed by atoms with E-state index in [4.69, 9.17) is 9.15 Å². The van der Waals surface area contributed by atoms with Gasteiger partial charge in [-0.2, -0.15) is 0 Å². The van der Waals surface area contributed by atoms with Crippen LogP contribution in [0, 0.1) is 26.7 Å². The summed E-state index contributed by atoms with van der Waals surface area (Å²) in [6.45, 7) is 7.78. The van der Waals surface area contributed by atoms with Crippen molar-refractivity contribution in [1.29, 1.82) is 0 Å². The minimum atomic E-state index is -0.736. The fourth-order valence-electron chi connectivity index (χ4n) is 6.22. The summed E-state index contributed by atoms with van der Waals surface area (Å²) in [5.74, 6) is 0.427. The number of aryl methyl sites for hydroxylation is 2. The van der Waals surface area contributed by atoms with Gasteiger partial charge in [0.2, 0.25) is 0 Å². The number of piperidine rings is 1. The molecule has 3 aromatic rings. The maximum absolute atomic E-state index is 13.8. The first-order valence-electron chi connectivity index (χ1n) is 13.0. The average molecular weight is 490 g/mol. The molecule has 0 bridgehead atoms. The summed E-state index contributed by atoms with van der Waals surface area (Å²) in [7, 11) is 0. The monoisotopic (exact) mass is 489 g/mol. The van der Waals surface area contributed by atoms with Gasteiger partial charge in [0.1, 0.15) is 11.3 Å². The molecule has 2 aromatic carbocycles. The molecular formula is C30H35NO5. The van der Waals surface area contributed by atoms with Crippen LogP contribution in [0.15, 0.2) is 51.7 Å². The number of hydrogen-bond donors (Lipinski definition) is 1. The third-order valence-electron chi connectivity index (χ3n) is 8.47. The van der Waals surface area contributed by atoms with E-state index in [9.17, 15) is 14.7 Å². The van der Waals surface area contributed by atoms with Crippen molar-refractivity contribution >= 4 is 16.9 Å². The predicted molar refractivity (Wildman–Crippen MR) is 139 cm³/mol. The first-order chi connectivity index (χ1) is 17.2.